The van der Waals surface area contributed by atoms with E-state index in [2.05, 4.69) is 20.2 Å². The minimum Gasteiger partial charge on any atom is -0.480 e. The third kappa shape index (κ3) is 4.93. The van der Waals surface area contributed by atoms with Crippen LogP contribution < -0.4 is 4.90 Å². The molecule has 1 aliphatic heterocycles. The molecular formula is C24H19F5N6O3. The van der Waals surface area contributed by atoms with Gasteiger partial charge >= 0.3 is 12.1 Å². The lowest BCUT2D eigenvalue weighted by atomic mass is 9.90. The summed E-state index contributed by atoms with van der Waals surface area (Å²) in [5.41, 5.74) is 1.21. The third-order valence-corrected chi connectivity index (χ3v) is 6.34. The van der Waals surface area contributed by atoms with Gasteiger partial charge in [-0.3, -0.25) is 4.68 Å². The zero-order valence-corrected chi connectivity index (χ0v) is 19.4. The van der Waals surface area contributed by atoms with E-state index >= 15 is 0 Å². The Balaban J connectivity index is 1.52. The molecule has 0 radical (unpaired) electrons. The molecule has 5 rings (SSSR count). The predicted molar refractivity (Wildman–Crippen MR) is 122 cm³/mol. The first-order valence-corrected chi connectivity index (χ1v) is 11.4. The number of aromatic nitrogens is 5. The predicted octanol–water partition coefficient (Wildman–Crippen LogP) is 4.55. The molecule has 38 heavy (non-hydrogen) atoms. The van der Waals surface area contributed by atoms with Crippen molar-refractivity contribution in [2.24, 2.45) is 5.92 Å². The Morgan fingerprint density at radius 2 is 1.92 bits per heavy atom. The van der Waals surface area contributed by atoms with Crippen LogP contribution in [0.5, 0.6) is 0 Å². The SMILES string of the molecule is O=C(O)[C@H]1C[C@H](C(F)(F)F)CCN1c1nc(-c2cc(-c3ccon3)n(Cc3ccccc3F)n2)ncc1F. The summed E-state index contributed by atoms with van der Waals surface area (Å²) >= 11 is 0. The maximum absolute atomic E-state index is 14.8. The highest BCUT2D eigenvalue weighted by atomic mass is 19.4. The van der Waals surface area contributed by atoms with Crippen molar-refractivity contribution in [3.05, 3.63) is 66.1 Å². The van der Waals surface area contributed by atoms with Crippen LogP contribution in [0.25, 0.3) is 22.9 Å². The van der Waals surface area contributed by atoms with E-state index in [9.17, 15) is 31.9 Å². The molecule has 0 unspecified atom stereocenters. The molecule has 0 amide bonds. The van der Waals surface area contributed by atoms with Gasteiger partial charge in [-0.15, -0.1) is 0 Å². The molecule has 9 nitrogen and oxygen atoms in total. The van der Waals surface area contributed by atoms with Crippen LogP contribution >= 0.6 is 0 Å². The molecule has 4 aromatic rings. The molecule has 0 bridgehead atoms. The first-order valence-electron chi connectivity index (χ1n) is 11.4. The highest BCUT2D eigenvalue weighted by Gasteiger charge is 2.47. The van der Waals surface area contributed by atoms with E-state index in [1.807, 2.05) is 0 Å². The summed E-state index contributed by atoms with van der Waals surface area (Å²) in [5.74, 6) is -5.37. The Bertz CT molecular complexity index is 1460. The standard InChI is InChI=1S/C24H19F5N6O3/c25-15-4-2-1-3-13(15)12-35-19(17-6-8-38-33-17)10-18(32-35)21-30-11-16(26)22(31-21)34-7-5-14(24(27,28)29)9-20(34)23(36)37/h1-4,6,8,10-11,14,20H,5,7,9,12H2,(H,36,37)/t14-,20-/m1/s1. The molecule has 1 aliphatic rings. The molecule has 0 spiro atoms. The van der Waals surface area contributed by atoms with Crippen LogP contribution in [0.2, 0.25) is 0 Å². The van der Waals surface area contributed by atoms with E-state index in [0.717, 1.165) is 11.1 Å². The second-order valence-electron chi connectivity index (χ2n) is 8.72. The zero-order chi connectivity index (χ0) is 27.0. The maximum Gasteiger partial charge on any atom is 0.391 e. The summed E-state index contributed by atoms with van der Waals surface area (Å²) in [6.45, 7) is -0.380. The summed E-state index contributed by atoms with van der Waals surface area (Å²) in [7, 11) is 0. The normalized spacial score (nSPS) is 18.1. The summed E-state index contributed by atoms with van der Waals surface area (Å²) < 4.78 is 75.2. The lowest BCUT2D eigenvalue weighted by Crippen LogP contribution is -2.50. The van der Waals surface area contributed by atoms with Crippen molar-refractivity contribution in [2.45, 2.75) is 31.6 Å². The molecule has 0 saturated carbocycles. The van der Waals surface area contributed by atoms with Crippen LogP contribution in [-0.2, 0) is 11.3 Å². The van der Waals surface area contributed by atoms with Crippen LogP contribution in [-0.4, -0.2) is 54.7 Å². The quantitative estimate of drug-likeness (QED) is 0.359. The van der Waals surface area contributed by atoms with Gasteiger partial charge < -0.3 is 14.5 Å². The van der Waals surface area contributed by atoms with Crippen LogP contribution in [0.1, 0.15) is 18.4 Å². The lowest BCUT2D eigenvalue weighted by Gasteiger charge is -2.38. The van der Waals surface area contributed by atoms with Crippen molar-refractivity contribution >= 4 is 11.8 Å². The number of carboxylic acids is 1. The van der Waals surface area contributed by atoms with Crippen molar-refractivity contribution in [1.29, 1.82) is 0 Å². The molecule has 1 saturated heterocycles. The van der Waals surface area contributed by atoms with Crippen molar-refractivity contribution in [3.8, 4) is 22.9 Å². The van der Waals surface area contributed by atoms with Gasteiger partial charge in [-0.2, -0.15) is 18.3 Å². The van der Waals surface area contributed by atoms with Gasteiger partial charge in [-0.25, -0.2) is 23.5 Å². The largest absolute Gasteiger partial charge is 0.480 e. The van der Waals surface area contributed by atoms with Crippen LogP contribution in [0.4, 0.5) is 27.8 Å². The van der Waals surface area contributed by atoms with Gasteiger partial charge in [0.15, 0.2) is 17.5 Å². The first kappa shape index (κ1) is 25.3. The summed E-state index contributed by atoms with van der Waals surface area (Å²) in [6.07, 6.45) is -3.60. The highest BCUT2D eigenvalue weighted by molar-refractivity contribution is 5.78. The summed E-state index contributed by atoms with van der Waals surface area (Å²) in [5, 5.41) is 17.9. The average molecular weight is 534 g/mol. The summed E-state index contributed by atoms with van der Waals surface area (Å²) in [4.78, 5) is 20.9. The second kappa shape index (κ2) is 9.84. The van der Waals surface area contributed by atoms with Gasteiger partial charge in [0.25, 0.3) is 0 Å². The Morgan fingerprint density at radius 1 is 1.13 bits per heavy atom. The molecule has 198 valence electrons. The van der Waals surface area contributed by atoms with Gasteiger partial charge in [0, 0.05) is 18.2 Å². The van der Waals surface area contributed by atoms with Crippen LogP contribution in [0.3, 0.4) is 0 Å². The monoisotopic (exact) mass is 534 g/mol. The van der Waals surface area contributed by atoms with Crippen molar-refractivity contribution in [3.63, 3.8) is 0 Å². The molecule has 3 aromatic heterocycles. The number of piperidine rings is 1. The topological polar surface area (TPSA) is 110 Å². The fourth-order valence-electron chi connectivity index (χ4n) is 4.42. The van der Waals surface area contributed by atoms with Crippen molar-refractivity contribution in [2.75, 3.05) is 11.4 Å². The highest BCUT2D eigenvalue weighted by Crippen LogP contribution is 2.38. The zero-order valence-electron chi connectivity index (χ0n) is 19.4. The Morgan fingerprint density at radius 3 is 2.61 bits per heavy atom. The van der Waals surface area contributed by atoms with Gasteiger partial charge in [-0.1, -0.05) is 23.4 Å². The molecule has 1 fully saturated rings. The van der Waals surface area contributed by atoms with E-state index < -0.39 is 54.4 Å². The number of hydrogen-bond acceptors (Lipinski definition) is 7. The first-order chi connectivity index (χ1) is 18.1. The lowest BCUT2D eigenvalue weighted by molar-refractivity contribution is -0.183. The maximum atomic E-state index is 14.8. The molecule has 1 aromatic carbocycles. The van der Waals surface area contributed by atoms with Crippen molar-refractivity contribution < 1.29 is 36.4 Å². The van der Waals surface area contributed by atoms with Gasteiger partial charge in [0.2, 0.25) is 0 Å². The number of halogens is 5. The number of alkyl halides is 3. The minimum absolute atomic E-state index is 0.00500. The molecule has 2 atom stereocenters. The molecule has 4 heterocycles. The van der Waals surface area contributed by atoms with E-state index in [0.29, 0.717) is 17.0 Å². The van der Waals surface area contributed by atoms with E-state index in [1.165, 1.54) is 23.1 Å². The molecular weight excluding hydrogens is 515 g/mol. The number of carbonyl (C=O) groups is 1. The average Bonchev–Trinajstić information content (AvgIpc) is 3.55. The van der Waals surface area contributed by atoms with Gasteiger partial charge in [0.1, 0.15) is 29.5 Å². The van der Waals surface area contributed by atoms with E-state index in [4.69, 9.17) is 4.52 Å². The Labute approximate surface area is 211 Å². The molecule has 1 N–H and O–H groups in total. The number of benzene rings is 1. The van der Waals surface area contributed by atoms with Crippen LogP contribution in [0.15, 0.2) is 53.4 Å². The Hall–Kier alpha value is -4.36. The smallest absolute Gasteiger partial charge is 0.391 e. The summed E-state index contributed by atoms with van der Waals surface area (Å²) in [6, 6.07) is 7.50. The third-order valence-electron chi connectivity index (χ3n) is 6.34. The number of anilines is 1. The number of nitrogens with zero attached hydrogens (tertiary/aromatic N) is 6. The number of hydrogen-bond donors (Lipinski definition) is 1. The fraction of sp³-hybridized carbons (Fsp3) is 0.292. The number of rotatable bonds is 6. The molecule has 0 aliphatic carbocycles. The van der Waals surface area contributed by atoms with Crippen molar-refractivity contribution in [1.82, 2.24) is 24.9 Å². The van der Waals surface area contributed by atoms with E-state index in [1.54, 1.807) is 24.3 Å². The second-order valence-corrected chi connectivity index (χ2v) is 8.72. The van der Waals surface area contributed by atoms with Gasteiger partial charge in [0.05, 0.1) is 24.4 Å². The number of aliphatic carboxylic acids is 1. The van der Waals surface area contributed by atoms with Gasteiger partial charge in [-0.05, 0) is 25.0 Å². The van der Waals surface area contributed by atoms with Crippen LogP contribution in [0, 0.1) is 17.6 Å². The minimum atomic E-state index is -4.57. The Kier molecular flexibility index (Phi) is 6.55. The fourth-order valence-corrected chi connectivity index (χ4v) is 4.42. The number of carboxylic acid groups (broad SMARTS) is 1. The molecule has 14 heteroatoms. The van der Waals surface area contributed by atoms with E-state index in [-0.39, 0.29) is 24.6 Å².